The minimum absolute atomic E-state index is 0.0636. The van der Waals surface area contributed by atoms with Crippen LogP contribution in [0, 0.1) is 0 Å². The molecule has 2 aliphatic heterocycles. The maximum atomic E-state index is 13.3. The molecule has 1 aromatic rings. The Morgan fingerprint density at radius 3 is 2.40 bits per heavy atom. The van der Waals surface area contributed by atoms with Crippen molar-refractivity contribution in [3.63, 3.8) is 0 Å². The second-order valence-corrected chi connectivity index (χ2v) is 7.25. The van der Waals surface area contributed by atoms with Crippen molar-refractivity contribution >= 4 is 11.8 Å². The average molecular weight is 343 g/mol. The van der Waals surface area contributed by atoms with Gasteiger partial charge in [0, 0.05) is 45.2 Å². The van der Waals surface area contributed by atoms with Crippen molar-refractivity contribution in [1.29, 1.82) is 0 Å². The third kappa shape index (κ3) is 3.56. The van der Waals surface area contributed by atoms with Crippen molar-refractivity contribution < 1.29 is 9.59 Å². The molecule has 1 aromatic carbocycles. The smallest absolute Gasteiger partial charge is 0.250 e. The van der Waals surface area contributed by atoms with Gasteiger partial charge in [0.1, 0.15) is 6.04 Å². The Labute approximate surface area is 150 Å². The molecule has 1 saturated heterocycles. The van der Waals surface area contributed by atoms with Gasteiger partial charge in [0.25, 0.3) is 0 Å². The first-order chi connectivity index (χ1) is 12.0. The predicted molar refractivity (Wildman–Crippen MR) is 98.2 cm³/mol. The molecule has 0 saturated carbocycles. The first kappa shape index (κ1) is 17.9. The predicted octanol–water partition coefficient (Wildman–Crippen LogP) is 2.08. The Morgan fingerprint density at radius 2 is 1.76 bits per heavy atom. The van der Waals surface area contributed by atoms with E-state index in [1.54, 1.807) is 4.90 Å². The molecular weight excluding hydrogens is 314 g/mol. The van der Waals surface area contributed by atoms with E-state index in [2.05, 4.69) is 24.8 Å². The van der Waals surface area contributed by atoms with Gasteiger partial charge in [-0.3, -0.25) is 14.5 Å². The number of piperazine rings is 1. The van der Waals surface area contributed by atoms with Crippen LogP contribution < -0.4 is 0 Å². The number of fused-ring (bicyclic) bond motifs is 1. The summed E-state index contributed by atoms with van der Waals surface area (Å²) < 4.78 is 0. The number of carbonyl (C=O) groups is 2. The standard InChI is InChI=1S/C20H29N3O2/c1-4-18(24)23-10-9-16-7-5-6-8-17(16)19(23)20(25)22-13-11-21(12-14-22)15(2)3/h5-8,15,19H,4,9-14H2,1-3H3. The van der Waals surface area contributed by atoms with Crippen LogP contribution in [0.4, 0.5) is 0 Å². The first-order valence-electron chi connectivity index (χ1n) is 9.43. The Bertz CT molecular complexity index is 636. The molecule has 2 aliphatic rings. The zero-order valence-corrected chi connectivity index (χ0v) is 15.6. The summed E-state index contributed by atoms with van der Waals surface area (Å²) in [5.41, 5.74) is 2.20. The van der Waals surface area contributed by atoms with Gasteiger partial charge in [-0.05, 0) is 31.4 Å². The zero-order chi connectivity index (χ0) is 18.0. The Morgan fingerprint density at radius 1 is 1.08 bits per heavy atom. The van der Waals surface area contributed by atoms with Crippen LogP contribution in [-0.4, -0.2) is 65.3 Å². The zero-order valence-electron chi connectivity index (χ0n) is 15.6. The van der Waals surface area contributed by atoms with E-state index in [4.69, 9.17) is 0 Å². The number of rotatable bonds is 3. The van der Waals surface area contributed by atoms with E-state index in [1.807, 2.05) is 30.0 Å². The lowest BCUT2D eigenvalue weighted by molar-refractivity contribution is -0.148. The largest absolute Gasteiger partial charge is 0.338 e. The molecule has 0 bridgehead atoms. The molecule has 1 atom stereocenters. The van der Waals surface area contributed by atoms with Crippen LogP contribution >= 0.6 is 0 Å². The Hall–Kier alpha value is -1.88. The van der Waals surface area contributed by atoms with Gasteiger partial charge in [0.2, 0.25) is 11.8 Å². The molecular formula is C20H29N3O2. The van der Waals surface area contributed by atoms with Crippen molar-refractivity contribution in [2.75, 3.05) is 32.7 Å². The molecule has 2 amide bonds. The van der Waals surface area contributed by atoms with Crippen LogP contribution in [-0.2, 0) is 16.0 Å². The molecule has 5 nitrogen and oxygen atoms in total. The first-order valence-corrected chi connectivity index (χ1v) is 9.43. The van der Waals surface area contributed by atoms with Gasteiger partial charge in [0.15, 0.2) is 0 Å². The van der Waals surface area contributed by atoms with Crippen LogP contribution in [0.25, 0.3) is 0 Å². The van der Waals surface area contributed by atoms with E-state index in [0.717, 1.165) is 38.2 Å². The van der Waals surface area contributed by atoms with Gasteiger partial charge in [-0.1, -0.05) is 31.2 Å². The minimum Gasteiger partial charge on any atom is -0.338 e. The number of hydrogen-bond donors (Lipinski definition) is 0. The molecule has 0 aromatic heterocycles. The summed E-state index contributed by atoms with van der Waals surface area (Å²) >= 11 is 0. The number of hydrogen-bond acceptors (Lipinski definition) is 3. The van der Waals surface area contributed by atoms with Crippen molar-refractivity contribution in [3.8, 4) is 0 Å². The monoisotopic (exact) mass is 343 g/mol. The molecule has 2 heterocycles. The molecule has 25 heavy (non-hydrogen) atoms. The summed E-state index contributed by atoms with van der Waals surface area (Å²) in [7, 11) is 0. The molecule has 1 unspecified atom stereocenters. The van der Waals surface area contributed by atoms with E-state index >= 15 is 0 Å². The quantitative estimate of drug-likeness (QED) is 0.844. The Balaban J connectivity index is 1.84. The van der Waals surface area contributed by atoms with Gasteiger partial charge in [-0.15, -0.1) is 0 Å². The van der Waals surface area contributed by atoms with Crippen LogP contribution in [0.2, 0.25) is 0 Å². The van der Waals surface area contributed by atoms with E-state index in [1.165, 1.54) is 5.56 Å². The lowest BCUT2D eigenvalue weighted by Gasteiger charge is -2.42. The second-order valence-electron chi connectivity index (χ2n) is 7.25. The fraction of sp³-hybridized carbons (Fsp3) is 0.600. The maximum Gasteiger partial charge on any atom is 0.250 e. The number of carbonyl (C=O) groups excluding carboxylic acids is 2. The normalized spacial score (nSPS) is 21.4. The highest BCUT2D eigenvalue weighted by Crippen LogP contribution is 2.32. The van der Waals surface area contributed by atoms with Crippen molar-refractivity contribution in [2.45, 2.75) is 45.7 Å². The fourth-order valence-corrected chi connectivity index (χ4v) is 3.94. The van der Waals surface area contributed by atoms with Crippen molar-refractivity contribution in [3.05, 3.63) is 35.4 Å². The number of amides is 2. The van der Waals surface area contributed by atoms with E-state index in [-0.39, 0.29) is 11.8 Å². The van der Waals surface area contributed by atoms with Crippen LogP contribution in [0.5, 0.6) is 0 Å². The fourth-order valence-electron chi connectivity index (χ4n) is 3.94. The molecule has 136 valence electrons. The van der Waals surface area contributed by atoms with Gasteiger partial charge in [0.05, 0.1) is 0 Å². The molecule has 3 rings (SSSR count). The van der Waals surface area contributed by atoms with Crippen LogP contribution in [0.15, 0.2) is 24.3 Å². The van der Waals surface area contributed by atoms with Gasteiger partial charge in [-0.25, -0.2) is 0 Å². The molecule has 5 heteroatoms. The van der Waals surface area contributed by atoms with E-state index in [9.17, 15) is 9.59 Å². The van der Waals surface area contributed by atoms with Gasteiger partial charge in [-0.2, -0.15) is 0 Å². The summed E-state index contributed by atoms with van der Waals surface area (Å²) in [4.78, 5) is 31.9. The molecule has 0 aliphatic carbocycles. The number of benzene rings is 1. The number of nitrogens with zero attached hydrogens (tertiary/aromatic N) is 3. The van der Waals surface area contributed by atoms with Crippen molar-refractivity contribution in [1.82, 2.24) is 14.7 Å². The summed E-state index contributed by atoms with van der Waals surface area (Å²) in [6.07, 6.45) is 1.26. The average Bonchev–Trinajstić information content (AvgIpc) is 2.66. The topological polar surface area (TPSA) is 43.9 Å². The van der Waals surface area contributed by atoms with E-state index in [0.29, 0.717) is 19.0 Å². The molecule has 0 spiro atoms. The van der Waals surface area contributed by atoms with Gasteiger partial charge < -0.3 is 9.80 Å². The van der Waals surface area contributed by atoms with E-state index < -0.39 is 6.04 Å². The highest BCUT2D eigenvalue weighted by Gasteiger charge is 2.38. The maximum absolute atomic E-state index is 13.3. The lowest BCUT2D eigenvalue weighted by atomic mass is 9.91. The van der Waals surface area contributed by atoms with Crippen LogP contribution in [0.3, 0.4) is 0 Å². The molecule has 1 fully saturated rings. The highest BCUT2D eigenvalue weighted by molar-refractivity contribution is 5.89. The molecule has 0 radical (unpaired) electrons. The summed E-state index contributed by atoms with van der Waals surface area (Å²) in [6.45, 7) is 10.2. The second kappa shape index (κ2) is 7.56. The van der Waals surface area contributed by atoms with Crippen LogP contribution in [0.1, 0.15) is 44.4 Å². The highest BCUT2D eigenvalue weighted by atomic mass is 16.2. The van der Waals surface area contributed by atoms with Crippen molar-refractivity contribution in [2.24, 2.45) is 0 Å². The SMILES string of the molecule is CCC(=O)N1CCc2ccccc2C1C(=O)N1CCN(C(C)C)CC1. The summed E-state index contributed by atoms with van der Waals surface area (Å²) in [5, 5.41) is 0. The summed E-state index contributed by atoms with van der Waals surface area (Å²) in [6, 6.07) is 8.13. The summed E-state index contributed by atoms with van der Waals surface area (Å²) in [5.74, 6) is 0.144. The Kier molecular flexibility index (Phi) is 5.42. The minimum atomic E-state index is -0.456. The lowest BCUT2D eigenvalue weighted by Crippen LogP contribution is -2.55. The third-order valence-corrected chi connectivity index (χ3v) is 5.50. The molecule has 0 N–H and O–H groups in total. The third-order valence-electron chi connectivity index (χ3n) is 5.50. The van der Waals surface area contributed by atoms with Gasteiger partial charge >= 0.3 is 0 Å².